The topological polar surface area (TPSA) is 130 Å². The third-order valence-corrected chi connectivity index (χ3v) is 6.47. The number of rotatable bonds is 6. The molecule has 0 bridgehead atoms. The molecule has 6 rings (SSSR count). The maximum atomic E-state index is 14.4. The van der Waals surface area contributed by atoms with Crippen LogP contribution in [0.25, 0.3) is 28.3 Å². The molecule has 1 aromatic carbocycles. The Bertz CT molecular complexity index is 1570. The van der Waals surface area contributed by atoms with E-state index < -0.39 is 0 Å². The van der Waals surface area contributed by atoms with E-state index in [0.29, 0.717) is 48.2 Å². The minimum Gasteiger partial charge on any atom is -0.461 e. The Morgan fingerprint density at radius 1 is 1.08 bits per heavy atom. The summed E-state index contributed by atoms with van der Waals surface area (Å²) >= 11 is 0. The molecule has 5 aromatic rings. The quantitative estimate of drug-likeness (QED) is 0.384. The Morgan fingerprint density at radius 3 is 2.72 bits per heavy atom. The number of aromatic nitrogens is 6. The van der Waals surface area contributed by atoms with Crippen LogP contribution in [0.1, 0.15) is 5.56 Å². The Morgan fingerprint density at radius 2 is 1.94 bits per heavy atom. The molecule has 1 fully saturated rings. The smallest absolute Gasteiger partial charge is 0.225 e. The number of halogens is 1. The number of nitrogens with zero attached hydrogens (tertiary/aromatic N) is 9. The van der Waals surface area contributed by atoms with Crippen molar-refractivity contribution in [3.8, 4) is 17.7 Å². The van der Waals surface area contributed by atoms with Gasteiger partial charge in [0.25, 0.3) is 0 Å². The standard InChI is InChI=1S/C24H23FN10O/c25-18-4-3-16(5-6-26)14-19(18)33-10-7-32(8-11-33)9-12-34-22-17(15-28-34)23-29-21(20-2-1-13-36-20)31-35(23)24(27)30-22/h1-4,13-15H,5,7-12H2,(H2,27,30). The van der Waals surface area contributed by atoms with Crippen molar-refractivity contribution in [1.29, 1.82) is 5.26 Å². The first-order valence-corrected chi connectivity index (χ1v) is 11.6. The fourth-order valence-corrected chi connectivity index (χ4v) is 4.58. The van der Waals surface area contributed by atoms with Crippen LogP contribution in [0.15, 0.2) is 47.2 Å². The number of furan rings is 1. The number of nitrogen functional groups attached to an aromatic ring is 1. The molecule has 4 aromatic heterocycles. The summed E-state index contributed by atoms with van der Waals surface area (Å²) in [5.74, 6) is 0.946. The lowest BCUT2D eigenvalue weighted by Crippen LogP contribution is -2.47. The minimum absolute atomic E-state index is 0.221. The maximum absolute atomic E-state index is 14.4. The van der Waals surface area contributed by atoms with Crippen molar-refractivity contribution in [1.82, 2.24) is 34.3 Å². The lowest BCUT2D eigenvalue weighted by atomic mass is 10.1. The third-order valence-electron chi connectivity index (χ3n) is 6.47. The van der Waals surface area contributed by atoms with E-state index >= 15 is 0 Å². The van der Waals surface area contributed by atoms with E-state index in [2.05, 4.69) is 31.1 Å². The molecular formula is C24H23FN10O. The van der Waals surface area contributed by atoms with Gasteiger partial charge in [0.1, 0.15) is 5.82 Å². The Kier molecular flexibility index (Phi) is 5.46. The number of piperazine rings is 1. The van der Waals surface area contributed by atoms with Gasteiger partial charge in [-0.05, 0) is 29.8 Å². The van der Waals surface area contributed by atoms with Crippen molar-refractivity contribution in [3.63, 3.8) is 0 Å². The number of nitrogens with two attached hydrogens (primary N) is 1. The van der Waals surface area contributed by atoms with Gasteiger partial charge in [0.05, 0.1) is 42.6 Å². The van der Waals surface area contributed by atoms with E-state index in [9.17, 15) is 4.39 Å². The normalized spacial score (nSPS) is 14.6. The summed E-state index contributed by atoms with van der Waals surface area (Å²) in [5, 5.41) is 18.6. The van der Waals surface area contributed by atoms with E-state index in [1.807, 2.05) is 9.58 Å². The molecule has 182 valence electrons. The van der Waals surface area contributed by atoms with Crippen LogP contribution in [-0.2, 0) is 13.0 Å². The molecule has 5 heterocycles. The summed E-state index contributed by atoms with van der Waals surface area (Å²) in [6.45, 7) is 4.37. The maximum Gasteiger partial charge on any atom is 0.225 e. The Balaban J connectivity index is 1.15. The molecule has 0 spiro atoms. The van der Waals surface area contributed by atoms with Gasteiger partial charge in [-0.2, -0.15) is 19.9 Å². The molecular weight excluding hydrogens is 463 g/mol. The zero-order valence-electron chi connectivity index (χ0n) is 19.4. The van der Waals surface area contributed by atoms with E-state index in [1.54, 1.807) is 36.7 Å². The molecule has 0 aliphatic carbocycles. The predicted octanol–water partition coefficient (Wildman–Crippen LogP) is 2.34. The van der Waals surface area contributed by atoms with Crippen molar-refractivity contribution in [3.05, 3.63) is 54.2 Å². The van der Waals surface area contributed by atoms with Crippen LogP contribution in [-0.4, -0.2) is 67.0 Å². The summed E-state index contributed by atoms with van der Waals surface area (Å²) < 4.78 is 23.1. The highest BCUT2D eigenvalue weighted by molar-refractivity contribution is 5.90. The molecule has 1 aliphatic rings. The summed E-state index contributed by atoms with van der Waals surface area (Å²) in [6, 6.07) is 10.6. The fourth-order valence-electron chi connectivity index (χ4n) is 4.58. The van der Waals surface area contributed by atoms with E-state index in [4.69, 9.17) is 15.4 Å². The second-order valence-electron chi connectivity index (χ2n) is 8.67. The highest BCUT2D eigenvalue weighted by atomic mass is 19.1. The van der Waals surface area contributed by atoms with Crippen LogP contribution in [0.5, 0.6) is 0 Å². The van der Waals surface area contributed by atoms with E-state index in [0.717, 1.165) is 30.6 Å². The Labute approximate surface area is 205 Å². The van der Waals surface area contributed by atoms with Gasteiger partial charge in [-0.15, -0.1) is 5.10 Å². The average molecular weight is 487 g/mol. The SMILES string of the molecule is N#CCc1ccc(F)c(N2CCN(CCn3ncc4c3nc(N)n3nc(-c5ccco5)nc43)CC2)c1. The summed E-state index contributed by atoms with van der Waals surface area (Å²) in [5.41, 5.74) is 8.79. The molecule has 11 nitrogen and oxygen atoms in total. The van der Waals surface area contributed by atoms with Crippen LogP contribution < -0.4 is 10.6 Å². The number of fused-ring (bicyclic) bond motifs is 3. The number of benzene rings is 1. The van der Waals surface area contributed by atoms with E-state index in [-0.39, 0.29) is 18.2 Å². The molecule has 2 N–H and O–H groups in total. The number of anilines is 2. The monoisotopic (exact) mass is 486 g/mol. The van der Waals surface area contributed by atoms with Crippen molar-refractivity contribution in [2.75, 3.05) is 43.4 Å². The number of hydrogen-bond acceptors (Lipinski definition) is 9. The molecule has 36 heavy (non-hydrogen) atoms. The van der Waals surface area contributed by atoms with Gasteiger partial charge in [-0.25, -0.2) is 14.1 Å². The highest BCUT2D eigenvalue weighted by Gasteiger charge is 2.21. The van der Waals surface area contributed by atoms with Gasteiger partial charge in [0.15, 0.2) is 17.1 Å². The van der Waals surface area contributed by atoms with E-state index in [1.165, 1.54) is 10.6 Å². The van der Waals surface area contributed by atoms with Crippen LogP contribution in [0.3, 0.4) is 0 Å². The molecule has 1 aliphatic heterocycles. The van der Waals surface area contributed by atoms with Gasteiger partial charge >= 0.3 is 0 Å². The first-order chi connectivity index (χ1) is 17.6. The summed E-state index contributed by atoms with van der Waals surface area (Å²) in [6.07, 6.45) is 3.57. The van der Waals surface area contributed by atoms with Crippen molar-refractivity contribution in [2.45, 2.75) is 13.0 Å². The third kappa shape index (κ3) is 3.89. The van der Waals surface area contributed by atoms with Crippen LogP contribution >= 0.6 is 0 Å². The number of nitriles is 1. The van der Waals surface area contributed by atoms with Crippen LogP contribution in [0, 0.1) is 17.1 Å². The molecule has 0 amide bonds. The van der Waals surface area contributed by atoms with Gasteiger partial charge in [0, 0.05) is 32.7 Å². The molecule has 0 unspecified atom stereocenters. The van der Waals surface area contributed by atoms with Crippen molar-refractivity contribution >= 4 is 28.3 Å². The van der Waals surface area contributed by atoms with Crippen molar-refractivity contribution < 1.29 is 8.81 Å². The second kappa shape index (κ2) is 8.94. The minimum atomic E-state index is -0.258. The Hall–Kier alpha value is -4.50. The first kappa shape index (κ1) is 22.0. The second-order valence-corrected chi connectivity index (χ2v) is 8.67. The average Bonchev–Trinajstić information content (AvgIpc) is 3.64. The van der Waals surface area contributed by atoms with Crippen LogP contribution in [0.4, 0.5) is 16.0 Å². The predicted molar refractivity (Wildman–Crippen MR) is 131 cm³/mol. The largest absolute Gasteiger partial charge is 0.461 e. The highest BCUT2D eigenvalue weighted by Crippen LogP contribution is 2.25. The van der Waals surface area contributed by atoms with Crippen LogP contribution in [0.2, 0.25) is 0 Å². The van der Waals surface area contributed by atoms with Gasteiger partial charge < -0.3 is 15.1 Å². The molecule has 0 atom stereocenters. The fraction of sp³-hybridized carbons (Fsp3) is 0.292. The van der Waals surface area contributed by atoms with Gasteiger partial charge in [-0.3, -0.25) is 4.90 Å². The summed E-state index contributed by atoms with van der Waals surface area (Å²) in [4.78, 5) is 13.5. The zero-order chi connectivity index (χ0) is 24.6. The van der Waals surface area contributed by atoms with Gasteiger partial charge in [0.2, 0.25) is 11.8 Å². The summed E-state index contributed by atoms with van der Waals surface area (Å²) in [7, 11) is 0. The zero-order valence-corrected chi connectivity index (χ0v) is 19.4. The lowest BCUT2D eigenvalue weighted by molar-refractivity contribution is 0.245. The first-order valence-electron chi connectivity index (χ1n) is 11.6. The molecule has 0 saturated carbocycles. The van der Waals surface area contributed by atoms with Crippen molar-refractivity contribution in [2.24, 2.45) is 0 Å². The van der Waals surface area contributed by atoms with Gasteiger partial charge in [-0.1, -0.05) is 6.07 Å². The lowest BCUT2D eigenvalue weighted by Gasteiger charge is -2.36. The molecule has 1 saturated heterocycles. The number of hydrogen-bond donors (Lipinski definition) is 1. The molecule has 12 heteroatoms. The molecule has 0 radical (unpaired) electrons.